The lowest BCUT2D eigenvalue weighted by molar-refractivity contribution is 0.0949. The molecule has 0 aliphatic heterocycles. The Kier molecular flexibility index (Phi) is 6.57. The normalized spacial score (nSPS) is 10.4. The third-order valence-corrected chi connectivity index (χ3v) is 4.38. The van der Waals surface area contributed by atoms with Gasteiger partial charge in [0.05, 0.1) is 7.11 Å². The number of anilines is 2. The lowest BCUT2D eigenvalue weighted by Crippen LogP contribution is -2.26. The number of carbonyl (C=O) groups is 1. The summed E-state index contributed by atoms with van der Waals surface area (Å²) in [5.41, 5.74) is 3.51. The van der Waals surface area contributed by atoms with E-state index in [9.17, 15) is 4.79 Å². The van der Waals surface area contributed by atoms with Crippen molar-refractivity contribution < 1.29 is 9.53 Å². The SMILES string of the molecule is CCc1ccc(Nc2nccc(C(=O)NCCc3ccccc3OC)n2)cc1. The quantitative estimate of drug-likeness (QED) is 0.626. The van der Waals surface area contributed by atoms with E-state index in [2.05, 4.69) is 39.7 Å². The van der Waals surface area contributed by atoms with E-state index >= 15 is 0 Å². The molecule has 0 aliphatic rings. The van der Waals surface area contributed by atoms with Crippen molar-refractivity contribution in [3.8, 4) is 5.75 Å². The zero-order valence-electron chi connectivity index (χ0n) is 16.1. The van der Waals surface area contributed by atoms with Crippen LogP contribution in [0.5, 0.6) is 5.75 Å². The predicted molar refractivity (Wildman–Crippen MR) is 110 cm³/mol. The summed E-state index contributed by atoms with van der Waals surface area (Å²) in [7, 11) is 1.64. The molecule has 0 bridgehead atoms. The summed E-state index contributed by atoms with van der Waals surface area (Å²) in [6.07, 6.45) is 3.24. The molecular formula is C22H24N4O2. The maximum atomic E-state index is 12.4. The van der Waals surface area contributed by atoms with Crippen LogP contribution in [0, 0.1) is 0 Å². The molecule has 0 unspecified atom stereocenters. The van der Waals surface area contributed by atoms with Gasteiger partial charge < -0.3 is 15.4 Å². The number of nitrogens with zero attached hydrogens (tertiary/aromatic N) is 2. The standard InChI is InChI=1S/C22H24N4O2/c1-3-16-8-10-18(11-9-16)25-22-24-15-13-19(26-22)21(27)23-14-12-17-6-4-5-7-20(17)28-2/h4-11,13,15H,3,12,14H2,1-2H3,(H,23,27)(H,24,25,26). The maximum Gasteiger partial charge on any atom is 0.270 e. The molecular weight excluding hydrogens is 352 g/mol. The third kappa shape index (κ3) is 5.07. The molecule has 0 aliphatic carbocycles. The van der Waals surface area contributed by atoms with Gasteiger partial charge in [-0.1, -0.05) is 37.3 Å². The van der Waals surface area contributed by atoms with E-state index < -0.39 is 0 Å². The van der Waals surface area contributed by atoms with E-state index in [1.54, 1.807) is 19.4 Å². The van der Waals surface area contributed by atoms with Crippen LogP contribution in [0.3, 0.4) is 0 Å². The van der Waals surface area contributed by atoms with E-state index in [0.717, 1.165) is 23.4 Å². The summed E-state index contributed by atoms with van der Waals surface area (Å²) in [4.78, 5) is 20.9. The molecule has 1 amide bonds. The molecule has 1 aromatic heterocycles. The number of hydrogen-bond donors (Lipinski definition) is 2. The van der Waals surface area contributed by atoms with Gasteiger partial charge >= 0.3 is 0 Å². The van der Waals surface area contributed by atoms with Gasteiger partial charge in [0.15, 0.2) is 0 Å². The zero-order chi connectivity index (χ0) is 19.8. The van der Waals surface area contributed by atoms with Gasteiger partial charge in [-0.3, -0.25) is 4.79 Å². The highest BCUT2D eigenvalue weighted by atomic mass is 16.5. The Bertz CT molecular complexity index is 926. The fourth-order valence-electron chi connectivity index (χ4n) is 2.81. The van der Waals surface area contributed by atoms with Crippen molar-refractivity contribution in [3.63, 3.8) is 0 Å². The summed E-state index contributed by atoms with van der Waals surface area (Å²) < 4.78 is 5.33. The van der Waals surface area contributed by atoms with E-state index in [4.69, 9.17) is 4.74 Å². The minimum Gasteiger partial charge on any atom is -0.496 e. The average molecular weight is 376 g/mol. The van der Waals surface area contributed by atoms with Gasteiger partial charge in [-0.05, 0) is 48.2 Å². The van der Waals surface area contributed by atoms with Crippen molar-refractivity contribution >= 4 is 17.5 Å². The Balaban J connectivity index is 1.58. The minimum absolute atomic E-state index is 0.235. The molecule has 0 saturated carbocycles. The summed E-state index contributed by atoms with van der Waals surface area (Å²) in [5.74, 6) is 0.975. The number of methoxy groups -OCH3 is 1. The summed E-state index contributed by atoms with van der Waals surface area (Å²) in [5, 5.41) is 6.02. The van der Waals surface area contributed by atoms with Crippen molar-refractivity contribution in [1.29, 1.82) is 0 Å². The van der Waals surface area contributed by atoms with Gasteiger partial charge in [-0.25, -0.2) is 9.97 Å². The highest BCUT2D eigenvalue weighted by Gasteiger charge is 2.09. The van der Waals surface area contributed by atoms with E-state index in [1.165, 1.54) is 5.56 Å². The van der Waals surface area contributed by atoms with Crippen LogP contribution < -0.4 is 15.4 Å². The molecule has 0 atom stereocenters. The predicted octanol–water partition coefficient (Wildman–Crippen LogP) is 3.76. The number of ether oxygens (including phenoxy) is 1. The Morgan fingerprint density at radius 2 is 1.86 bits per heavy atom. The highest BCUT2D eigenvalue weighted by molar-refractivity contribution is 5.92. The van der Waals surface area contributed by atoms with Gasteiger partial charge in [0.1, 0.15) is 11.4 Å². The molecule has 3 aromatic rings. The molecule has 2 N–H and O–H groups in total. The summed E-state index contributed by atoms with van der Waals surface area (Å²) in [6, 6.07) is 17.4. The Labute approximate surface area is 165 Å². The van der Waals surface area contributed by atoms with Crippen LogP contribution >= 0.6 is 0 Å². The third-order valence-electron chi connectivity index (χ3n) is 4.38. The van der Waals surface area contributed by atoms with Crippen LogP contribution in [-0.2, 0) is 12.8 Å². The van der Waals surface area contributed by atoms with Gasteiger partial charge in [0, 0.05) is 18.4 Å². The summed E-state index contributed by atoms with van der Waals surface area (Å²) >= 11 is 0. The van der Waals surface area contributed by atoms with Crippen molar-refractivity contribution in [2.45, 2.75) is 19.8 Å². The average Bonchev–Trinajstić information content (AvgIpc) is 2.74. The molecule has 2 aromatic carbocycles. The monoisotopic (exact) mass is 376 g/mol. The van der Waals surface area contributed by atoms with Crippen LogP contribution in [0.2, 0.25) is 0 Å². The molecule has 144 valence electrons. The number of hydrogen-bond acceptors (Lipinski definition) is 5. The van der Waals surface area contributed by atoms with Crippen molar-refractivity contribution in [2.75, 3.05) is 19.0 Å². The number of nitrogens with one attached hydrogen (secondary N) is 2. The van der Waals surface area contributed by atoms with Crippen molar-refractivity contribution in [3.05, 3.63) is 77.6 Å². The topological polar surface area (TPSA) is 76.1 Å². The van der Waals surface area contributed by atoms with Gasteiger partial charge in [-0.2, -0.15) is 0 Å². The largest absolute Gasteiger partial charge is 0.496 e. The highest BCUT2D eigenvalue weighted by Crippen LogP contribution is 2.17. The van der Waals surface area contributed by atoms with Crippen LogP contribution in [0.4, 0.5) is 11.6 Å². The van der Waals surface area contributed by atoms with Crippen LogP contribution in [-0.4, -0.2) is 29.5 Å². The van der Waals surface area contributed by atoms with Gasteiger partial charge in [0.2, 0.25) is 5.95 Å². The first-order chi connectivity index (χ1) is 13.7. The number of carbonyl (C=O) groups excluding carboxylic acids is 1. The second kappa shape index (κ2) is 9.50. The smallest absolute Gasteiger partial charge is 0.270 e. The molecule has 6 nitrogen and oxygen atoms in total. The first-order valence-electron chi connectivity index (χ1n) is 9.28. The first kappa shape index (κ1) is 19.4. The molecule has 1 heterocycles. The Morgan fingerprint density at radius 1 is 1.07 bits per heavy atom. The molecule has 3 rings (SSSR count). The first-order valence-corrected chi connectivity index (χ1v) is 9.28. The molecule has 0 radical (unpaired) electrons. The Morgan fingerprint density at radius 3 is 2.61 bits per heavy atom. The second-order valence-corrected chi connectivity index (χ2v) is 6.26. The molecule has 0 saturated heterocycles. The van der Waals surface area contributed by atoms with Gasteiger partial charge in [-0.15, -0.1) is 0 Å². The van der Waals surface area contributed by atoms with Crippen LogP contribution in [0.15, 0.2) is 60.8 Å². The number of aromatic nitrogens is 2. The van der Waals surface area contributed by atoms with Crippen LogP contribution in [0.25, 0.3) is 0 Å². The number of amides is 1. The lowest BCUT2D eigenvalue weighted by Gasteiger charge is -2.10. The fourth-order valence-corrected chi connectivity index (χ4v) is 2.81. The Hall–Kier alpha value is -3.41. The van der Waals surface area contributed by atoms with E-state index in [1.807, 2.05) is 36.4 Å². The summed E-state index contributed by atoms with van der Waals surface area (Å²) in [6.45, 7) is 2.60. The number of benzene rings is 2. The van der Waals surface area contributed by atoms with Crippen molar-refractivity contribution in [1.82, 2.24) is 15.3 Å². The molecule has 28 heavy (non-hydrogen) atoms. The molecule has 0 spiro atoms. The number of aryl methyl sites for hydroxylation is 1. The number of para-hydroxylation sites is 1. The fraction of sp³-hybridized carbons (Fsp3) is 0.227. The molecule has 6 heteroatoms. The van der Waals surface area contributed by atoms with Gasteiger partial charge in [0.25, 0.3) is 5.91 Å². The van der Waals surface area contributed by atoms with E-state index in [0.29, 0.717) is 24.6 Å². The minimum atomic E-state index is -0.235. The number of rotatable bonds is 8. The maximum absolute atomic E-state index is 12.4. The molecule has 0 fully saturated rings. The van der Waals surface area contributed by atoms with Crippen LogP contribution in [0.1, 0.15) is 28.5 Å². The van der Waals surface area contributed by atoms with E-state index in [-0.39, 0.29) is 5.91 Å². The second-order valence-electron chi connectivity index (χ2n) is 6.26. The lowest BCUT2D eigenvalue weighted by atomic mass is 10.1. The van der Waals surface area contributed by atoms with Crippen molar-refractivity contribution in [2.24, 2.45) is 0 Å². The zero-order valence-corrected chi connectivity index (χ0v) is 16.1.